The second kappa shape index (κ2) is 14.6. The Kier molecular flexibility index (Phi) is 11.3. The third-order valence-corrected chi connectivity index (χ3v) is 11.9. The van der Waals surface area contributed by atoms with Crippen molar-refractivity contribution in [3.8, 4) is 34.5 Å². The largest absolute Gasteiger partial charge is 0.507 e. The zero-order chi connectivity index (χ0) is 41.0. The predicted octanol–water partition coefficient (Wildman–Crippen LogP) is 7.46. The van der Waals surface area contributed by atoms with Crippen LogP contribution in [0.15, 0.2) is 0 Å². The van der Waals surface area contributed by atoms with Crippen molar-refractivity contribution in [2.75, 3.05) is 0 Å². The zero-order valence-electron chi connectivity index (χ0n) is 33.4. The Balaban J connectivity index is 0.000000180. The van der Waals surface area contributed by atoms with Crippen LogP contribution >= 0.6 is 0 Å². The van der Waals surface area contributed by atoms with Gasteiger partial charge >= 0.3 is 17.9 Å². The fourth-order valence-corrected chi connectivity index (χ4v) is 7.19. The van der Waals surface area contributed by atoms with E-state index in [4.69, 9.17) is 14.2 Å². The van der Waals surface area contributed by atoms with Gasteiger partial charge in [-0.3, -0.25) is 0 Å². The van der Waals surface area contributed by atoms with Gasteiger partial charge in [0.1, 0.15) is 34.5 Å². The Labute approximate surface area is 316 Å². The molecule has 3 aliphatic heterocycles. The summed E-state index contributed by atoms with van der Waals surface area (Å²) >= 11 is 0. The number of hydrogen-bond acceptors (Lipinski definition) is 9. The Morgan fingerprint density at radius 2 is 0.611 bits per heavy atom. The van der Waals surface area contributed by atoms with Crippen LogP contribution in [0.1, 0.15) is 107 Å². The molecule has 3 aromatic rings. The number of fused-ring (bicyclic) bond motifs is 3. The highest BCUT2D eigenvalue weighted by Gasteiger charge is 2.43. The molecule has 0 aromatic heterocycles. The normalized spacial score (nSPS) is 22.2. The summed E-state index contributed by atoms with van der Waals surface area (Å²) in [7, 11) is 0. The lowest BCUT2D eigenvalue weighted by atomic mass is 9.87. The van der Waals surface area contributed by atoms with E-state index in [-0.39, 0.29) is 17.2 Å². The summed E-state index contributed by atoms with van der Waals surface area (Å²) in [6.07, 6.45) is 3.07. The molecule has 0 fully saturated rings. The fourth-order valence-electron chi connectivity index (χ4n) is 7.19. The summed E-state index contributed by atoms with van der Waals surface area (Å²) in [6.45, 7) is 21.3. The van der Waals surface area contributed by atoms with Crippen LogP contribution in [0.4, 0.5) is 0 Å². The Morgan fingerprint density at radius 1 is 0.407 bits per heavy atom. The zero-order valence-corrected chi connectivity index (χ0v) is 33.4. The van der Waals surface area contributed by atoms with E-state index in [1.54, 1.807) is 20.8 Å². The summed E-state index contributed by atoms with van der Waals surface area (Å²) in [5, 5.41) is 57.7. The van der Waals surface area contributed by atoms with E-state index >= 15 is 0 Å². The Bertz CT molecular complexity index is 1830. The molecule has 12 nitrogen and oxygen atoms in total. The molecule has 0 saturated heterocycles. The first-order valence-electron chi connectivity index (χ1n) is 18.1. The fraction of sp³-hybridized carbons (Fsp3) is 0.500. The first-order chi connectivity index (χ1) is 24.8. The summed E-state index contributed by atoms with van der Waals surface area (Å²) in [4.78, 5) is 33.8. The molecule has 6 N–H and O–H groups in total. The van der Waals surface area contributed by atoms with Crippen molar-refractivity contribution in [1.82, 2.24) is 0 Å². The second-order valence-corrected chi connectivity index (χ2v) is 15.5. The quantitative estimate of drug-likeness (QED) is 0.155. The van der Waals surface area contributed by atoms with Crippen LogP contribution in [-0.2, 0) is 33.6 Å². The average Bonchev–Trinajstić information content (AvgIpc) is 3.13. The van der Waals surface area contributed by atoms with Gasteiger partial charge in [-0.25, -0.2) is 14.4 Å². The first kappa shape index (κ1) is 41.6. The number of carboxylic acid groups (broad SMARTS) is 3. The predicted molar refractivity (Wildman–Crippen MR) is 202 cm³/mol. The summed E-state index contributed by atoms with van der Waals surface area (Å²) in [5.41, 5.74) is 6.34. The summed E-state index contributed by atoms with van der Waals surface area (Å²) in [5.74, 6) is -0.115. The number of carbonyl (C=O) groups is 3. The van der Waals surface area contributed by atoms with Gasteiger partial charge in [0.15, 0.2) is 0 Å². The minimum atomic E-state index is -1.17. The van der Waals surface area contributed by atoms with Gasteiger partial charge in [0, 0.05) is 36.0 Å². The molecule has 0 aliphatic carbocycles. The smallest absolute Gasteiger partial charge is 0.347 e. The number of ether oxygens (including phenoxy) is 3. The lowest BCUT2D eigenvalue weighted by molar-refractivity contribution is -0.155. The van der Waals surface area contributed by atoms with Gasteiger partial charge in [-0.05, 0) is 152 Å². The van der Waals surface area contributed by atoms with E-state index < -0.39 is 34.7 Å². The monoisotopic (exact) mass is 750 g/mol. The number of benzene rings is 3. The third kappa shape index (κ3) is 7.10. The molecule has 3 aliphatic rings. The number of aliphatic carboxylic acids is 3. The van der Waals surface area contributed by atoms with E-state index in [1.807, 2.05) is 62.3 Å². The van der Waals surface area contributed by atoms with Crippen molar-refractivity contribution in [2.45, 2.75) is 138 Å². The summed E-state index contributed by atoms with van der Waals surface area (Å²) < 4.78 is 17.2. The van der Waals surface area contributed by atoms with E-state index in [0.29, 0.717) is 55.8 Å². The number of aromatic hydroxyl groups is 3. The van der Waals surface area contributed by atoms with Gasteiger partial charge in [0.05, 0.1) is 0 Å². The van der Waals surface area contributed by atoms with Gasteiger partial charge in [-0.1, -0.05) is 0 Å². The molecule has 0 spiro atoms. The molecular weight excluding hydrogens is 696 g/mol. The van der Waals surface area contributed by atoms with Crippen LogP contribution in [-0.4, -0.2) is 65.4 Å². The maximum absolute atomic E-state index is 11.3. The number of phenolic OH excluding ortho intramolecular Hbond substituents is 3. The highest BCUT2D eigenvalue weighted by molar-refractivity contribution is 5.80. The van der Waals surface area contributed by atoms with Gasteiger partial charge in [0.2, 0.25) is 16.8 Å². The minimum absolute atomic E-state index is 0.286. The average molecular weight is 751 g/mol. The van der Waals surface area contributed by atoms with Crippen molar-refractivity contribution in [1.29, 1.82) is 0 Å². The number of rotatable bonds is 3. The van der Waals surface area contributed by atoms with Crippen LogP contribution < -0.4 is 14.2 Å². The van der Waals surface area contributed by atoms with Gasteiger partial charge in [-0.15, -0.1) is 0 Å². The highest BCUT2D eigenvalue weighted by Crippen LogP contribution is 2.46. The van der Waals surface area contributed by atoms with E-state index in [9.17, 15) is 45.0 Å². The lowest BCUT2D eigenvalue weighted by Crippen LogP contribution is -2.44. The van der Waals surface area contributed by atoms with Crippen molar-refractivity contribution in [3.05, 3.63) is 66.8 Å². The van der Waals surface area contributed by atoms with E-state index in [0.717, 1.165) is 66.8 Å². The number of hydrogen-bond donors (Lipinski definition) is 6. The van der Waals surface area contributed by atoms with Gasteiger partial charge in [0.25, 0.3) is 0 Å². The standard InChI is InChI=1S/3C14H18O4/c3*1-7-8(2)12-10(9(3)11(7)15)5-6-14(4,18-12)13(16)17/h3*15H,5-6H2,1-4H3,(H,16,17). The van der Waals surface area contributed by atoms with Crippen molar-refractivity contribution >= 4 is 17.9 Å². The molecule has 0 amide bonds. The molecule has 0 radical (unpaired) electrons. The molecular formula is C42H54O12. The molecule has 0 bridgehead atoms. The van der Waals surface area contributed by atoms with Gasteiger partial charge < -0.3 is 44.8 Å². The van der Waals surface area contributed by atoms with E-state index in [2.05, 4.69) is 0 Å². The Hall–Kier alpha value is -5.13. The van der Waals surface area contributed by atoms with E-state index in [1.165, 1.54) is 0 Å². The van der Waals surface area contributed by atoms with Crippen LogP contribution in [0.25, 0.3) is 0 Å². The number of phenols is 3. The van der Waals surface area contributed by atoms with Gasteiger partial charge in [-0.2, -0.15) is 0 Å². The third-order valence-electron chi connectivity index (χ3n) is 11.9. The van der Waals surface area contributed by atoms with Crippen molar-refractivity contribution < 1.29 is 59.2 Å². The molecule has 3 heterocycles. The van der Waals surface area contributed by atoms with Crippen LogP contribution in [0, 0.1) is 62.3 Å². The van der Waals surface area contributed by atoms with Crippen LogP contribution in [0.2, 0.25) is 0 Å². The van der Waals surface area contributed by atoms with Crippen molar-refractivity contribution in [2.24, 2.45) is 0 Å². The molecule has 294 valence electrons. The maximum Gasteiger partial charge on any atom is 0.347 e. The van der Waals surface area contributed by atoms with Crippen LogP contribution in [0.5, 0.6) is 34.5 Å². The molecule has 3 atom stereocenters. The second-order valence-electron chi connectivity index (χ2n) is 15.5. The minimum Gasteiger partial charge on any atom is -0.507 e. The molecule has 6 rings (SSSR count). The SMILES string of the molecule is Cc1c(C)c2c(c(C)c1O)CCC(C)(C(=O)O)O2.Cc1c(C)c2c(c(C)c1O)CCC(C)(C(=O)O)O2.Cc1c(C)c2c(c(C)c1O)CCC(C)(C(=O)O)O2. The summed E-state index contributed by atoms with van der Waals surface area (Å²) in [6, 6.07) is 0. The molecule has 12 heteroatoms. The molecule has 54 heavy (non-hydrogen) atoms. The van der Waals surface area contributed by atoms with Crippen molar-refractivity contribution in [3.63, 3.8) is 0 Å². The molecule has 0 saturated carbocycles. The lowest BCUT2D eigenvalue weighted by Gasteiger charge is -2.34. The first-order valence-corrected chi connectivity index (χ1v) is 18.1. The number of carboxylic acids is 3. The topological polar surface area (TPSA) is 200 Å². The van der Waals surface area contributed by atoms with Crippen LogP contribution in [0.3, 0.4) is 0 Å². The molecule has 3 unspecified atom stereocenters. The molecule has 3 aromatic carbocycles. The highest BCUT2D eigenvalue weighted by atomic mass is 16.5. The maximum atomic E-state index is 11.3. The Morgan fingerprint density at radius 3 is 0.796 bits per heavy atom.